The number of nitrogens with one attached hydrogen (secondary N) is 8. The van der Waals surface area contributed by atoms with Crippen LogP contribution in [-0.2, 0) is 43.2 Å². The Morgan fingerprint density at radius 2 is 0.941 bits per heavy atom. The quantitative estimate of drug-likeness (QED) is 0.0336. The lowest BCUT2D eigenvalue weighted by molar-refractivity contribution is -0.142. The van der Waals surface area contributed by atoms with Gasteiger partial charge in [-0.3, -0.25) is 38.4 Å². The van der Waals surface area contributed by atoms with Crippen LogP contribution in [0.4, 0.5) is 0 Å². The monoisotopic (exact) mass is 967 g/mol. The maximum absolute atomic E-state index is 14.2. The summed E-state index contributed by atoms with van der Waals surface area (Å²) in [5.41, 5.74) is 22.4. The minimum absolute atomic E-state index is 0.0374. The number of rotatable bonds is 36. The second-order valence-corrected chi connectivity index (χ2v) is 18.8. The SMILES string of the molecule is CC[C@H](C)[C@H](NC(=O)[C@H](CCCCN)NC(=O)[C@H](CCCCN)NC(=O)[C@H](CC(C)C)NC(=O)[C@H](CC(C)C)NC(=O)[C@@H]1CCCN1)C(=O)N[C@@H](CCCCN)C(=O)N[C@@H](CCC(N)=O)C(=O)O. The molecule has 0 radical (unpaired) electrons. The third-order valence-electron chi connectivity index (χ3n) is 11.9. The molecule has 9 atom stereocenters. The largest absolute Gasteiger partial charge is 0.480 e. The predicted molar refractivity (Wildman–Crippen MR) is 258 cm³/mol. The Balaban J connectivity index is 3.43. The minimum atomic E-state index is -1.46. The molecule has 0 unspecified atom stereocenters. The molecule has 8 amide bonds. The molecule has 0 aromatic carbocycles. The minimum Gasteiger partial charge on any atom is -0.480 e. The van der Waals surface area contributed by atoms with Gasteiger partial charge in [-0.1, -0.05) is 48.0 Å². The molecule has 1 saturated heterocycles. The standard InChI is InChI=1S/C46H86N12O10/c1-7-29(6)38(45(66)54-32(16-9-12-22-48)41(62)55-34(46(67)68)19-20-37(50)59)58-42(63)33(17-10-13-23-49)52-40(61)31(15-8-11-21-47)53-43(64)35(25-27(2)3)57-44(65)36(26-28(4)5)56-39(60)30-18-14-24-51-30/h27-36,38,51H,7-26,47-49H2,1-6H3,(H2,50,59)(H,52,61)(H,53,64)(H,54,66)(H,55,62)(H,56,60)(H,57,65)(H,58,63)(H,67,68)/t29-,30-,31-,32-,33-,34-,35-,36-,38-/m0/s1. The van der Waals surface area contributed by atoms with Gasteiger partial charge in [-0.25, -0.2) is 4.79 Å². The van der Waals surface area contributed by atoms with Gasteiger partial charge in [0.2, 0.25) is 47.3 Å². The Morgan fingerprint density at radius 3 is 1.32 bits per heavy atom. The van der Waals surface area contributed by atoms with Crippen LogP contribution in [0.5, 0.6) is 0 Å². The summed E-state index contributed by atoms with van der Waals surface area (Å²) in [6, 6.07) is -8.67. The van der Waals surface area contributed by atoms with Gasteiger partial charge in [-0.05, 0) is 134 Å². The van der Waals surface area contributed by atoms with Crippen LogP contribution < -0.4 is 65.5 Å². The number of carbonyl (C=O) groups is 9. The Labute approximate surface area is 402 Å². The van der Waals surface area contributed by atoms with Crippen LogP contribution in [0, 0.1) is 17.8 Å². The van der Waals surface area contributed by atoms with Crippen LogP contribution in [-0.4, -0.2) is 133 Å². The van der Waals surface area contributed by atoms with Gasteiger partial charge >= 0.3 is 5.97 Å². The predicted octanol–water partition coefficient (Wildman–Crippen LogP) is -0.993. The van der Waals surface area contributed by atoms with Crippen LogP contribution in [0.25, 0.3) is 0 Å². The Bertz CT molecular complexity index is 1610. The molecule has 0 aromatic heterocycles. The summed E-state index contributed by atoms with van der Waals surface area (Å²) in [4.78, 5) is 120. The van der Waals surface area contributed by atoms with E-state index in [9.17, 15) is 48.3 Å². The lowest BCUT2D eigenvalue weighted by atomic mass is 9.96. The van der Waals surface area contributed by atoms with Crippen LogP contribution in [0.2, 0.25) is 0 Å². The average Bonchev–Trinajstić information content (AvgIpc) is 3.83. The molecule has 1 aliphatic rings. The molecule has 1 heterocycles. The second kappa shape index (κ2) is 33.5. The number of primary amides is 1. The van der Waals surface area contributed by atoms with E-state index in [0.29, 0.717) is 84.0 Å². The molecule has 0 spiro atoms. The molecule has 1 rings (SSSR count). The highest BCUT2D eigenvalue weighted by atomic mass is 16.4. The maximum Gasteiger partial charge on any atom is 0.326 e. The van der Waals surface area contributed by atoms with Crippen molar-refractivity contribution in [2.45, 2.75) is 193 Å². The van der Waals surface area contributed by atoms with Gasteiger partial charge in [-0.15, -0.1) is 0 Å². The van der Waals surface area contributed by atoms with Crippen molar-refractivity contribution in [1.29, 1.82) is 0 Å². The summed E-state index contributed by atoms with van der Waals surface area (Å²) in [5.74, 6) is -7.04. The van der Waals surface area contributed by atoms with Crippen molar-refractivity contribution < 1.29 is 48.3 Å². The van der Waals surface area contributed by atoms with E-state index in [4.69, 9.17) is 22.9 Å². The van der Waals surface area contributed by atoms with E-state index in [2.05, 4.69) is 42.5 Å². The first-order valence-electron chi connectivity index (χ1n) is 24.7. The average molecular weight is 967 g/mol. The molecule has 1 fully saturated rings. The van der Waals surface area contributed by atoms with E-state index in [1.54, 1.807) is 13.8 Å². The zero-order chi connectivity index (χ0) is 51.3. The summed E-state index contributed by atoms with van der Waals surface area (Å²) in [5, 5.41) is 32.0. The Morgan fingerprint density at radius 1 is 0.544 bits per heavy atom. The summed E-state index contributed by atoms with van der Waals surface area (Å²) < 4.78 is 0. The summed E-state index contributed by atoms with van der Waals surface area (Å²) in [6.45, 7) is 12.8. The molecule has 17 N–H and O–H groups in total. The lowest BCUT2D eigenvalue weighted by Crippen LogP contribution is -2.61. The van der Waals surface area contributed by atoms with E-state index < -0.39 is 102 Å². The topological polar surface area (TPSA) is 374 Å². The van der Waals surface area contributed by atoms with E-state index in [0.717, 1.165) is 6.42 Å². The number of hydrogen-bond donors (Lipinski definition) is 13. The molecule has 22 heteroatoms. The van der Waals surface area contributed by atoms with Gasteiger partial charge in [-0.2, -0.15) is 0 Å². The van der Waals surface area contributed by atoms with Crippen molar-refractivity contribution in [1.82, 2.24) is 42.5 Å². The second-order valence-electron chi connectivity index (χ2n) is 18.8. The Kier molecular flexibility index (Phi) is 30.1. The third kappa shape index (κ3) is 23.9. The van der Waals surface area contributed by atoms with Gasteiger partial charge in [0.1, 0.15) is 42.3 Å². The van der Waals surface area contributed by atoms with Crippen molar-refractivity contribution in [3.05, 3.63) is 0 Å². The number of carbonyl (C=O) groups excluding carboxylic acids is 8. The van der Waals surface area contributed by atoms with Crippen LogP contribution in [0.1, 0.15) is 144 Å². The highest BCUT2D eigenvalue weighted by Crippen LogP contribution is 2.15. The molecule has 0 bridgehead atoms. The number of carboxylic acid groups (broad SMARTS) is 1. The first-order valence-corrected chi connectivity index (χ1v) is 24.7. The van der Waals surface area contributed by atoms with Gasteiger partial charge in [0.15, 0.2) is 0 Å². The first-order chi connectivity index (χ1) is 32.2. The molecule has 0 saturated carbocycles. The van der Waals surface area contributed by atoms with Gasteiger partial charge in [0.25, 0.3) is 0 Å². The summed E-state index contributed by atoms with van der Waals surface area (Å²) in [6.07, 6.45) is 4.99. The number of hydrogen-bond acceptors (Lipinski definition) is 13. The van der Waals surface area contributed by atoms with Crippen molar-refractivity contribution in [3.8, 4) is 0 Å². The fourth-order valence-electron chi connectivity index (χ4n) is 7.72. The van der Waals surface area contributed by atoms with Crippen molar-refractivity contribution >= 4 is 53.2 Å². The molecule has 68 heavy (non-hydrogen) atoms. The number of carboxylic acids is 1. The number of unbranched alkanes of at least 4 members (excludes halogenated alkanes) is 3. The van der Waals surface area contributed by atoms with Crippen LogP contribution >= 0.6 is 0 Å². The van der Waals surface area contributed by atoms with Crippen molar-refractivity contribution in [2.75, 3.05) is 26.2 Å². The fraction of sp³-hybridized carbons (Fsp3) is 0.804. The van der Waals surface area contributed by atoms with E-state index in [-0.39, 0.29) is 56.3 Å². The van der Waals surface area contributed by atoms with E-state index in [1.807, 2.05) is 27.7 Å². The molecule has 1 aliphatic heterocycles. The van der Waals surface area contributed by atoms with Crippen molar-refractivity contribution in [2.24, 2.45) is 40.7 Å². The third-order valence-corrected chi connectivity index (χ3v) is 11.9. The molecule has 22 nitrogen and oxygen atoms in total. The first kappa shape index (κ1) is 61.1. The highest BCUT2D eigenvalue weighted by molar-refractivity contribution is 5.97. The van der Waals surface area contributed by atoms with Crippen molar-refractivity contribution in [3.63, 3.8) is 0 Å². The van der Waals surface area contributed by atoms with E-state index in [1.165, 1.54) is 0 Å². The van der Waals surface area contributed by atoms with Crippen LogP contribution in [0.15, 0.2) is 0 Å². The molecule has 390 valence electrons. The zero-order valence-electron chi connectivity index (χ0n) is 41.4. The molecular formula is C46H86N12O10. The Hall–Kier alpha value is -4.93. The van der Waals surface area contributed by atoms with Gasteiger partial charge in [0, 0.05) is 6.42 Å². The molecule has 0 aromatic rings. The number of amides is 8. The fourth-order valence-corrected chi connectivity index (χ4v) is 7.72. The highest BCUT2D eigenvalue weighted by Gasteiger charge is 2.36. The van der Waals surface area contributed by atoms with Crippen LogP contribution in [0.3, 0.4) is 0 Å². The normalized spacial score (nSPS) is 17.1. The van der Waals surface area contributed by atoms with Gasteiger partial charge in [0.05, 0.1) is 6.04 Å². The maximum atomic E-state index is 14.2. The number of aliphatic carboxylic acids is 1. The molecule has 0 aliphatic carbocycles. The van der Waals surface area contributed by atoms with E-state index >= 15 is 0 Å². The zero-order valence-corrected chi connectivity index (χ0v) is 41.4. The summed E-state index contributed by atoms with van der Waals surface area (Å²) >= 11 is 0. The van der Waals surface area contributed by atoms with Gasteiger partial charge < -0.3 is 70.6 Å². The smallest absolute Gasteiger partial charge is 0.326 e. The summed E-state index contributed by atoms with van der Waals surface area (Å²) in [7, 11) is 0. The number of nitrogens with two attached hydrogens (primary N) is 4. The molecular weight excluding hydrogens is 881 g/mol. The lowest BCUT2D eigenvalue weighted by Gasteiger charge is -2.30.